The van der Waals surface area contributed by atoms with Gasteiger partial charge in [-0.2, -0.15) is 9.61 Å². The Labute approximate surface area is 130 Å². The summed E-state index contributed by atoms with van der Waals surface area (Å²) < 4.78 is 1.75. The Kier molecular flexibility index (Phi) is 3.21. The molecular formula is C14H15N5O2S. The fourth-order valence-electron chi connectivity index (χ4n) is 2.19. The zero-order valence-electron chi connectivity index (χ0n) is 12.7. The highest BCUT2D eigenvalue weighted by molar-refractivity contribution is 7.19. The van der Waals surface area contributed by atoms with Crippen molar-refractivity contribution in [3.63, 3.8) is 0 Å². The molecule has 0 aliphatic heterocycles. The first-order chi connectivity index (χ1) is 10.3. The van der Waals surface area contributed by atoms with Crippen LogP contribution in [0, 0.1) is 17.0 Å². The summed E-state index contributed by atoms with van der Waals surface area (Å²) in [5.41, 5.74) is 1.42. The number of nitro groups is 1. The molecule has 0 amide bonds. The van der Waals surface area contributed by atoms with Crippen molar-refractivity contribution in [2.75, 3.05) is 0 Å². The van der Waals surface area contributed by atoms with Crippen LogP contribution in [0.4, 0.5) is 5.69 Å². The molecule has 2 heterocycles. The molecule has 0 saturated heterocycles. The summed E-state index contributed by atoms with van der Waals surface area (Å²) in [7, 11) is 0. The van der Waals surface area contributed by atoms with Gasteiger partial charge in [0.05, 0.1) is 4.92 Å². The molecule has 3 aromatic rings. The summed E-state index contributed by atoms with van der Waals surface area (Å²) in [5, 5.41) is 24.6. The molecule has 1 aromatic carbocycles. The van der Waals surface area contributed by atoms with E-state index in [1.165, 1.54) is 17.4 Å². The third-order valence-electron chi connectivity index (χ3n) is 3.30. The first-order valence-corrected chi connectivity index (χ1v) is 7.57. The van der Waals surface area contributed by atoms with Crippen molar-refractivity contribution in [3.05, 3.63) is 39.7 Å². The highest BCUT2D eigenvalue weighted by Crippen LogP contribution is 2.31. The number of fused-ring (bicyclic) bond motifs is 1. The molecular weight excluding hydrogens is 302 g/mol. The maximum absolute atomic E-state index is 10.9. The molecule has 0 radical (unpaired) electrons. The summed E-state index contributed by atoms with van der Waals surface area (Å²) in [5.74, 6) is 0.795. The van der Waals surface area contributed by atoms with Crippen molar-refractivity contribution in [3.8, 4) is 10.6 Å². The van der Waals surface area contributed by atoms with E-state index >= 15 is 0 Å². The van der Waals surface area contributed by atoms with Gasteiger partial charge in [0.1, 0.15) is 5.01 Å². The zero-order valence-corrected chi connectivity index (χ0v) is 13.5. The topological polar surface area (TPSA) is 86.2 Å². The fraction of sp³-hybridized carbons (Fsp3) is 0.357. The third kappa shape index (κ3) is 2.35. The van der Waals surface area contributed by atoms with Crippen molar-refractivity contribution in [1.29, 1.82) is 0 Å². The minimum absolute atomic E-state index is 0.113. The van der Waals surface area contributed by atoms with Gasteiger partial charge >= 0.3 is 0 Å². The molecule has 114 valence electrons. The quantitative estimate of drug-likeness (QED) is 0.534. The number of benzene rings is 1. The number of nitro benzene ring substituents is 1. The van der Waals surface area contributed by atoms with Crippen LogP contribution in [-0.2, 0) is 5.41 Å². The third-order valence-corrected chi connectivity index (χ3v) is 4.25. The average Bonchev–Trinajstić information content (AvgIpc) is 2.95. The Bertz CT molecular complexity index is 875. The van der Waals surface area contributed by atoms with E-state index in [-0.39, 0.29) is 16.0 Å². The molecule has 0 spiro atoms. The molecule has 0 fully saturated rings. The maximum atomic E-state index is 10.9. The standard InChI is InChI=1S/C14H15N5O2S/c1-8-7-9(5-6-10(8)19(20)21)11-17-18-12(14(2,3)4)15-16-13(18)22-11/h5-7H,1-4H3. The number of nitrogens with zero attached hydrogens (tertiary/aromatic N) is 5. The molecule has 3 rings (SSSR count). The van der Waals surface area contributed by atoms with E-state index in [0.29, 0.717) is 5.56 Å². The van der Waals surface area contributed by atoms with Crippen LogP contribution in [0.2, 0.25) is 0 Å². The fourth-order valence-corrected chi connectivity index (χ4v) is 3.03. The van der Waals surface area contributed by atoms with Gasteiger partial charge in [0.2, 0.25) is 4.96 Å². The van der Waals surface area contributed by atoms with Crippen LogP contribution < -0.4 is 0 Å². The molecule has 0 unspecified atom stereocenters. The molecule has 7 nitrogen and oxygen atoms in total. The van der Waals surface area contributed by atoms with Gasteiger partial charge in [-0.25, -0.2) is 0 Å². The van der Waals surface area contributed by atoms with Gasteiger partial charge in [-0.3, -0.25) is 10.1 Å². The minimum atomic E-state index is -0.380. The lowest BCUT2D eigenvalue weighted by molar-refractivity contribution is -0.385. The highest BCUT2D eigenvalue weighted by Gasteiger charge is 2.24. The molecule has 0 saturated carbocycles. The molecule has 8 heteroatoms. The average molecular weight is 317 g/mol. The Morgan fingerprint density at radius 2 is 2.00 bits per heavy atom. The Morgan fingerprint density at radius 3 is 2.59 bits per heavy atom. The Balaban J connectivity index is 2.09. The van der Waals surface area contributed by atoms with Gasteiger partial charge in [-0.15, -0.1) is 10.2 Å². The summed E-state index contributed by atoms with van der Waals surface area (Å²) in [4.78, 5) is 11.2. The highest BCUT2D eigenvalue weighted by atomic mass is 32.1. The number of aryl methyl sites for hydroxylation is 1. The Hall–Kier alpha value is -2.35. The number of hydrogen-bond acceptors (Lipinski definition) is 6. The molecule has 22 heavy (non-hydrogen) atoms. The second kappa shape index (κ2) is 4.84. The molecule has 0 bridgehead atoms. The zero-order chi connectivity index (χ0) is 16.1. The van der Waals surface area contributed by atoms with Crippen LogP contribution in [-0.4, -0.2) is 24.7 Å². The monoisotopic (exact) mass is 317 g/mol. The lowest BCUT2D eigenvalue weighted by Gasteiger charge is -2.13. The first kappa shape index (κ1) is 14.6. The summed E-state index contributed by atoms with van der Waals surface area (Å²) in [6.07, 6.45) is 0. The van der Waals surface area contributed by atoms with Crippen molar-refractivity contribution < 1.29 is 4.92 Å². The van der Waals surface area contributed by atoms with Crippen LogP contribution in [0.25, 0.3) is 15.5 Å². The SMILES string of the molecule is Cc1cc(-c2nn3c(C(C)(C)C)nnc3s2)ccc1[N+](=O)[O-]. The largest absolute Gasteiger partial charge is 0.272 e. The van der Waals surface area contributed by atoms with Gasteiger partial charge < -0.3 is 0 Å². The van der Waals surface area contributed by atoms with Gasteiger partial charge in [0, 0.05) is 22.6 Å². The van der Waals surface area contributed by atoms with Crippen molar-refractivity contribution in [2.24, 2.45) is 0 Å². The molecule has 0 aliphatic carbocycles. The van der Waals surface area contributed by atoms with Gasteiger partial charge in [-0.1, -0.05) is 32.1 Å². The summed E-state index contributed by atoms with van der Waals surface area (Å²) >= 11 is 1.42. The van der Waals surface area contributed by atoms with E-state index in [1.807, 2.05) is 0 Å². The van der Waals surface area contributed by atoms with Crippen LogP contribution in [0.5, 0.6) is 0 Å². The van der Waals surface area contributed by atoms with Crippen LogP contribution in [0.15, 0.2) is 18.2 Å². The van der Waals surface area contributed by atoms with E-state index in [4.69, 9.17) is 0 Å². The molecule has 2 aromatic heterocycles. The smallest absolute Gasteiger partial charge is 0.258 e. The summed E-state index contributed by atoms with van der Waals surface area (Å²) in [6.45, 7) is 7.89. The predicted molar refractivity (Wildman–Crippen MR) is 84.2 cm³/mol. The number of rotatable bonds is 2. The van der Waals surface area contributed by atoms with E-state index in [2.05, 4.69) is 36.1 Å². The minimum Gasteiger partial charge on any atom is -0.258 e. The summed E-state index contributed by atoms with van der Waals surface area (Å²) in [6, 6.07) is 5.01. The number of hydrogen-bond donors (Lipinski definition) is 0. The van der Waals surface area contributed by atoms with Crippen molar-refractivity contribution in [1.82, 2.24) is 19.8 Å². The van der Waals surface area contributed by atoms with Crippen LogP contribution in [0.1, 0.15) is 32.2 Å². The van der Waals surface area contributed by atoms with E-state index in [9.17, 15) is 10.1 Å². The van der Waals surface area contributed by atoms with Crippen LogP contribution >= 0.6 is 11.3 Å². The molecule has 0 atom stereocenters. The maximum Gasteiger partial charge on any atom is 0.272 e. The molecule has 0 N–H and O–H groups in total. The van der Waals surface area contributed by atoms with E-state index in [1.54, 1.807) is 23.6 Å². The lowest BCUT2D eigenvalue weighted by atomic mass is 9.96. The second-order valence-electron chi connectivity index (χ2n) is 6.13. The van der Waals surface area contributed by atoms with Crippen LogP contribution in [0.3, 0.4) is 0 Å². The number of aromatic nitrogens is 4. The van der Waals surface area contributed by atoms with Gasteiger partial charge in [-0.05, 0) is 19.1 Å². The Morgan fingerprint density at radius 1 is 1.27 bits per heavy atom. The molecule has 0 aliphatic rings. The van der Waals surface area contributed by atoms with E-state index in [0.717, 1.165) is 21.4 Å². The van der Waals surface area contributed by atoms with Gasteiger partial charge in [0.15, 0.2) is 5.82 Å². The second-order valence-corrected chi connectivity index (χ2v) is 7.09. The lowest BCUT2D eigenvalue weighted by Crippen LogP contribution is -2.16. The van der Waals surface area contributed by atoms with Gasteiger partial charge in [0.25, 0.3) is 5.69 Å². The van der Waals surface area contributed by atoms with E-state index < -0.39 is 0 Å². The van der Waals surface area contributed by atoms with Crippen molar-refractivity contribution >= 4 is 22.0 Å². The first-order valence-electron chi connectivity index (χ1n) is 6.75. The predicted octanol–water partition coefficient (Wildman–Crippen LogP) is 3.37. The van der Waals surface area contributed by atoms with Crippen molar-refractivity contribution in [2.45, 2.75) is 33.1 Å². The normalized spacial score (nSPS) is 12.0.